The van der Waals surface area contributed by atoms with Gasteiger partial charge in [0, 0.05) is 25.5 Å². The quantitative estimate of drug-likeness (QED) is 0.128. The van der Waals surface area contributed by atoms with Crippen molar-refractivity contribution in [2.45, 2.75) is 13.1 Å². The Balaban J connectivity index is -0.000000223. The van der Waals surface area contributed by atoms with Gasteiger partial charge in [-0.2, -0.15) is 0 Å². The summed E-state index contributed by atoms with van der Waals surface area (Å²) in [6.07, 6.45) is 3.42. The Bertz CT molecular complexity index is 692. The van der Waals surface area contributed by atoms with Crippen LogP contribution in [0.5, 0.6) is 0 Å². The third kappa shape index (κ3) is 26.3. The summed E-state index contributed by atoms with van der Waals surface area (Å²) in [5.41, 5.74) is 28.8. The number of pyridine rings is 2. The second kappa shape index (κ2) is 32.7. The summed E-state index contributed by atoms with van der Waals surface area (Å²) < 4.78 is 0. The SMILES string of the molecule is [Fe+4].[Fe+4].[N-]=[N+]=[N-].[N-]=[N+]=[N-].[O-]CCN(CC[O-])Cc1ccccn1.[O-]CCN(CC[O-])Cc1ccccn1. The molecular weight excluding hydrogens is 556 g/mol. The molecule has 0 aliphatic heterocycles. The molecule has 0 saturated heterocycles. The van der Waals surface area contributed by atoms with Crippen LogP contribution >= 0.6 is 0 Å². The van der Waals surface area contributed by atoms with E-state index in [9.17, 15) is 20.4 Å². The van der Waals surface area contributed by atoms with Crippen LogP contribution in [0.4, 0.5) is 0 Å². The molecule has 36 heavy (non-hydrogen) atoms. The summed E-state index contributed by atoms with van der Waals surface area (Å²) in [6, 6.07) is 11.3. The van der Waals surface area contributed by atoms with Crippen LogP contribution < -0.4 is 20.4 Å². The van der Waals surface area contributed by atoms with Crippen molar-refractivity contribution in [1.29, 1.82) is 0 Å². The van der Waals surface area contributed by atoms with Gasteiger partial charge in [0.25, 0.3) is 0 Å². The first-order chi connectivity index (χ1) is 16.6. The van der Waals surface area contributed by atoms with Gasteiger partial charge >= 0.3 is 34.1 Å². The summed E-state index contributed by atoms with van der Waals surface area (Å²) in [6.45, 7) is 2.14. The molecule has 196 valence electrons. The van der Waals surface area contributed by atoms with Crippen LogP contribution in [0.2, 0.25) is 0 Å². The Morgan fingerprint density at radius 2 is 0.861 bits per heavy atom. The van der Waals surface area contributed by atoms with E-state index < -0.39 is 0 Å². The van der Waals surface area contributed by atoms with Gasteiger partial charge in [-0.1, -0.05) is 12.1 Å². The van der Waals surface area contributed by atoms with Crippen molar-refractivity contribution in [3.05, 3.63) is 92.1 Å². The molecule has 14 nitrogen and oxygen atoms in total. The van der Waals surface area contributed by atoms with E-state index in [-0.39, 0.29) is 60.6 Å². The van der Waals surface area contributed by atoms with Crippen LogP contribution in [-0.4, -0.2) is 72.4 Å². The fourth-order valence-electron chi connectivity index (χ4n) is 2.50. The van der Waals surface area contributed by atoms with Gasteiger partial charge in [-0.05, 0) is 50.4 Å². The summed E-state index contributed by atoms with van der Waals surface area (Å²) in [5, 5.41) is 41.8. The van der Waals surface area contributed by atoms with Crippen molar-refractivity contribution in [2.24, 2.45) is 0 Å². The standard InChI is InChI=1S/2C10H14N2O2.2Fe.2N3/c2*13-7-5-12(6-8-14)9-10-3-1-2-4-11-10;;;2*1-3-2/h2*1-4H,5-9H2;;;;/q2*-2;2*+4;2*-1. The first-order valence-corrected chi connectivity index (χ1v) is 10.1. The zero-order valence-electron chi connectivity index (χ0n) is 19.5. The number of hydrogen-bond donors (Lipinski definition) is 0. The molecule has 0 amide bonds. The van der Waals surface area contributed by atoms with Gasteiger partial charge < -0.3 is 52.4 Å². The molecule has 0 saturated carbocycles. The largest absolute Gasteiger partial charge is 4.00 e. The van der Waals surface area contributed by atoms with Crippen molar-refractivity contribution in [3.63, 3.8) is 0 Å². The van der Waals surface area contributed by atoms with Gasteiger partial charge in [-0.3, -0.25) is 19.8 Å². The Hall–Kier alpha value is -2.28. The Kier molecular flexibility index (Phi) is 37.1. The molecule has 0 bridgehead atoms. The van der Waals surface area contributed by atoms with E-state index in [1.165, 1.54) is 9.82 Å². The van der Waals surface area contributed by atoms with Crippen LogP contribution in [0.3, 0.4) is 0 Å². The second-order valence-electron chi connectivity index (χ2n) is 6.19. The average molecular weight is 584 g/mol. The smallest absolute Gasteiger partial charge is 0.854 e. The number of rotatable bonds is 12. The van der Waals surface area contributed by atoms with Crippen molar-refractivity contribution in [1.82, 2.24) is 19.8 Å². The van der Waals surface area contributed by atoms with E-state index in [1.54, 1.807) is 12.4 Å². The molecule has 0 unspecified atom stereocenters. The molecule has 2 aromatic rings. The van der Waals surface area contributed by atoms with Crippen LogP contribution in [0.25, 0.3) is 31.9 Å². The zero-order valence-corrected chi connectivity index (χ0v) is 21.7. The maximum atomic E-state index is 10.4. The Morgan fingerprint density at radius 3 is 1.06 bits per heavy atom. The summed E-state index contributed by atoms with van der Waals surface area (Å²) >= 11 is 0. The van der Waals surface area contributed by atoms with Crippen molar-refractivity contribution in [2.75, 3.05) is 52.6 Å². The van der Waals surface area contributed by atoms with Crippen molar-refractivity contribution in [3.8, 4) is 0 Å². The normalized spacial score (nSPS) is 8.83. The average Bonchev–Trinajstić information content (AvgIpc) is 2.83. The van der Waals surface area contributed by atoms with E-state index in [0.29, 0.717) is 39.3 Å². The molecule has 0 aliphatic rings. The molecule has 0 aliphatic carbocycles. The van der Waals surface area contributed by atoms with E-state index in [2.05, 4.69) is 9.97 Å². The van der Waals surface area contributed by atoms with Crippen LogP contribution in [-0.2, 0) is 47.2 Å². The molecule has 2 heterocycles. The molecule has 0 aromatic carbocycles. The van der Waals surface area contributed by atoms with E-state index >= 15 is 0 Å². The van der Waals surface area contributed by atoms with E-state index in [4.69, 9.17) is 22.1 Å². The van der Waals surface area contributed by atoms with Crippen LogP contribution in [0.15, 0.2) is 48.8 Å². The minimum atomic E-state index is -0.174. The maximum absolute atomic E-state index is 10.4. The number of hydrogen-bond acceptors (Lipinski definition) is 8. The van der Waals surface area contributed by atoms with Crippen molar-refractivity contribution < 1.29 is 54.6 Å². The monoisotopic (exact) mass is 584 g/mol. The van der Waals surface area contributed by atoms with Crippen molar-refractivity contribution >= 4 is 0 Å². The topological polar surface area (TPSA) is 242 Å². The molecule has 0 N–H and O–H groups in total. The van der Waals surface area contributed by atoms with Gasteiger partial charge in [0.15, 0.2) is 0 Å². The minimum absolute atomic E-state index is 0. The maximum Gasteiger partial charge on any atom is 4.00 e. The van der Waals surface area contributed by atoms with Gasteiger partial charge in [0.1, 0.15) is 0 Å². The first kappa shape index (κ1) is 40.9. The molecule has 0 radical (unpaired) electrons. The first-order valence-electron chi connectivity index (χ1n) is 10.1. The van der Waals surface area contributed by atoms with Gasteiger partial charge in [0.2, 0.25) is 0 Å². The van der Waals surface area contributed by atoms with Gasteiger partial charge in [0.05, 0.1) is 11.4 Å². The number of nitrogens with zero attached hydrogens (tertiary/aromatic N) is 10. The molecule has 16 heteroatoms. The van der Waals surface area contributed by atoms with Crippen LogP contribution in [0.1, 0.15) is 11.4 Å². The fourth-order valence-corrected chi connectivity index (χ4v) is 2.50. The fraction of sp³-hybridized carbons (Fsp3) is 0.500. The predicted octanol–water partition coefficient (Wildman–Crippen LogP) is -1.06. The molecule has 0 fully saturated rings. The number of aromatic nitrogens is 2. The van der Waals surface area contributed by atoms with E-state index in [0.717, 1.165) is 11.4 Å². The van der Waals surface area contributed by atoms with Crippen LogP contribution in [0, 0.1) is 0 Å². The molecule has 0 spiro atoms. The Labute approximate surface area is 231 Å². The molecule has 0 atom stereocenters. The summed E-state index contributed by atoms with van der Waals surface area (Å²) in [7, 11) is 0. The van der Waals surface area contributed by atoms with E-state index in [1.807, 2.05) is 46.2 Å². The third-order valence-corrected chi connectivity index (χ3v) is 3.85. The minimum Gasteiger partial charge on any atom is -0.854 e. The molecule has 2 rings (SSSR count). The van der Waals surface area contributed by atoms with Gasteiger partial charge in [-0.25, -0.2) is 0 Å². The summed E-state index contributed by atoms with van der Waals surface area (Å²) in [4.78, 5) is 14.9. The van der Waals surface area contributed by atoms with Gasteiger partial charge in [-0.15, -0.1) is 26.4 Å². The second-order valence-corrected chi connectivity index (χ2v) is 6.19. The summed E-state index contributed by atoms with van der Waals surface area (Å²) in [5.74, 6) is 0. The molecule has 2 aromatic heterocycles. The predicted molar refractivity (Wildman–Crippen MR) is 119 cm³/mol. The third-order valence-electron chi connectivity index (χ3n) is 3.85. The zero-order chi connectivity index (χ0) is 25.9. The molecular formula is C20H28Fe2N10O4+2. The Morgan fingerprint density at radius 1 is 0.583 bits per heavy atom.